The van der Waals surface area contributed by atoms with Crippen LogP contribution in [0.2, 0.25) is 0 Å². The Morgan fingerprint density at radius 1 is 1.31 bits per heavy atom. The molecule has 1 aromatic rings. The van der Waals surface area contributed by atoms with Crippen molar-refractivity contribution >= 4 is 6.02 Å². The topological polar surface area (TPSA) is 47.6 Å². The number of nitrogens with zero attached hydrogens (tertiary/aromatic N) is 1. The van der Waals surface area contributed by atoms with E-state index >= 15 is 0 Å². The van der Waals surface area contributed by atoms with Crippen LogP contribution in [0, 0.1) is 0 Å². The number of aliphatic imine (C=N–C) groups is 1. The number of hydrogen-bond donors (Lipinski definition) is 1. The van der Waals surface area contributed by atoms with Crippen LogP contribution in [0.25, 0.3) is 0 Å². The lowest BCUT2D eigenvalue weighted by Gasteiger charge is -2.27. The van der Waals surface area contributed by atoms with E-state index in [-0.39, 0.29) is 6.04 Å². The van der Waals surface area contributed by atoms with Crippen molar-refractivity contribution in [2.45, 2.75) is 31.2 Å². The zero-order chi connectivity index (χ0) is 11.0. The van der Waals surface area contributed by atoms with Gasteiger partial charge in [0.1, 0.15) is 6.61 Å². The summed E-state index contributed by atoms with van der Waals surface area (Å²) in [7, 11) is 0. The first kappa shape index (κ1) is 9.70. The molecular weight excluding hydrogens is 200 g/mol. The van der Waals surface area contributed by atoms with Crippen molar-refractivity contribution in [1.82, 2.24) is 0 Å². The number of benzene rings is 1. The van der Waals surface area contributed by atoms with Crippen molar-refractivity contribution in [3.8, 4) is 0 Å². The number of amidine groups is 1. The Morgan fingerprint density at radius 3 is 3.00 bits per heavy atom. The standard InChI is InChI=1S/C13H16N2O/c14-13-15-12(8-16-13)11-7-3-5-9-4-1-2-6-10(9)11/h1-2,4,6,11-12H,3,5,7-8H2,(H2,14,15). The summed E-state index contributed by atoms with van der Waals surface area (Å²) in [4.78, 5) is 4.38. The zero-order valence-corrected chi connectivity index (χ0v) is 9.23. The summed E-state index contributed by atoms with van der Waals surface area (Å²) in [5.74, 6) is 0.492. The van der Waals surface area contributed by atoms with Gasteiger partial charge in [0.05, 0.1) is 6.04 Å². The van der Waals surface area contributed by atoms with Crippen LogP contribution >= 0.6 is 0 Å². The minimum atomic E-state index is 0.224. The first-order chi connectivity index (χ1) is 7.84. The van der Waals surface area contributed by atoms with Gasteiger partial charge >= 0.3 is 0 Å². The lowest BCUT2D eigenvalue weighted by atomic mass is 9.79. The average molecular weight is 216 g/mol. The first-order valence-electron chi connectivity index (χ1n) is 5.88. The maximum absolute atomic E-state index is 5.58. The molecule has 84 valence electrons. The smallest absolute Gasteiger partial charge is 0.282 e. The fraction of sp³-hybridized carbons (Fsp3) is 0.462. The fourth-order valence-corrected chi connectivity index (χ4v) is 2.81. The second-order valence-electron chi connectivity index (χ2n) is 4.54. The summed E-state index contributed by atoms with van der Waals surface area (Å²) in [5, 5.41) is 0. The first-order valence-corrected chi connectivity index (χ1v) is 5.88. The average Bonchev–Trinajstić information content (AvgIpc) is 2.75. The molecule has 2 aliphatic rings. The molecule has 16 heavy (non-hydrogen) atoms. The third-order valence-electron chi connectivity index (χ3n) is 3.58. The molecule has 1 aliphatic carbocycles. The van der Waals surface area contributed by atoms with Gasteiger partial charge in [-0.05, 0) is 30.4 Å². The van der Waals surface area contributed by atoms with Gasteiger partial charge in [0.25, 0.3) is 6.02 Å². The molecule has 0 radical (unpaired) electrons. The largest absolute Gasteiger partial charge is 0.463 e. The van der Waals surface area contributed by atoms with Crippen LogP contribution < -0.4 is 5.73 Å². The van der Waals surface area contributed by atoms with E-state index in [0.29, 0.717) is 18.5 Å². The predicted octanol–water partition coefficient (Wildman–Crippen LogP) is 1.82. The molecule has 0 aromatic heterocycles. The zero-order valence-electron chi connectivity index (χ0n) is 9.23. The van der Waals surface area contributed by atoms with E-state index in [1.54, 1.807) is 0 Å². The van der Waals surface area contributed by atoms with E-state index in [4.69, 9.17) is 10.5 Å². The molecular formula is C13H16N2O. The van der Waals surface area contributed by atoms with Gasteiger partial charge < -0.3 is 10.5 Å². The number of fused-ring (bicyclic) bond motifs is 1. The predicted molar refractivity (Wildman–Crippen MR) is 63.5 cm³/mol. The Bertz CT molecular complexity index is 428. The number of nitrogens with two attached hydrogens (primary N) is 1. The van der Waals surface area contributed by atoms with Gasteiger partial charge in [-0.3, -0.25) is 0 Å². The third-order valence-corrected chi connectivity index (χ3v) is 3.58. The minimum absolute atomic E-state index is 0.224. The molecule has 3 rings (SSSR count). The van der Waals surface area contributed by atoms with Crippen LogP contribution in [0.3, 0.4) is 0 Å². The Kier molecular flexibility index (Phi) is 2.31. The maximum atomic E-state index is 5.58. The van der Waals surface area contributed by atoms with Crippen molar-refractivity contribution < 1.29 is 4.74 Å². The normalized spacial score (nSPS) is 28.1. The summed E-state index contributed by atoms with van der Waals surface area (Å²) in [6.07, 6.45) is 3.63. The van der Waals surface area contributed by atoms with Gasteiger partial charge in [-0.15, -0.1) is 0 Å². The van der Waals surface area contributed by atoms with E-state index < -0.39 is 0 Å². The SMILES string of the molecule is NC1=NC(C2CCCc3ccccc32)CO1. The molecule has 0 bridgehead atoms. The van der Waals surface area contributed by atoms with Crippen LogP contribution in [-0.4, -0.2) is 18.7 Å². The van der Waals surface area contributed by atoms with Gasteiger partial charge in [0, 0.05) is 5.92 Å². The van der Waals surface area contributed by atoms with Crippen LogP contribution in [0.1, 0.15) is 29.9 Å². The molecule has 0 fully saturated rings. The molecule has 2 unspecified atom stereocenters. The van der Waals surface area contributed by atoms with E-state index in [1.807, 2.05) is 0 Å². The molecule has 1 aromatic carbocycles. The lowest BCUT2D eigenvalue weighted by molar-refractivity contribution is 0.290. The van der Waals surface area contributed by atoms with E-state index in [2.05, 4.69) is 29.3 Å². The number of aryl methyl sites for hydroxylation is 1. The van der Waals surface area contributed by atoms with E-state index in [9.17, 15) is 0 Å². The van der Waals surface area contributed by atoms with Gasteiger partial charge in [-0.2, -0.15) is 0 Å². The molecule has 2 atom stereocenters. The van der Waals surface area contributed by atoms with Crippen molar-refractivity contribution in [3.05, 3.63) is 35.4 Å². The lowest BCUT2D eigenvalue weighted by Crippen LogP contribution is -2.22. The number of rotatable bonds is 1. The highest BCUT2D eigenvalue weighted by atomic mass is 16.5. The molecule has 0 amide bonds. The van der Waals surface area contributed by atoms with Crippen molar-refractivity contribution in [2.75, 3.05) is 6.61 Å². The molecule has 0 saturated heterocycles. The maximum Gasteiger partial charge on any atom is 0.282 e. The van der Waals surface area contributed by atoms with Gasteiger partial charge in [0.15, 0.2) is 0 Å². The minimum Gasteiger partial charge on any atom is -0.463 e. The third kappa shape index (κ3) is 1.56. The van der Waals surface area contributed by atoms with Crippen LogP contribution in [0.15, 0.2) is 29.3 Å². The Balaban J connectivity index is 1.93. The molecule has 0 saturated carbocycles. The summed E-state index contributed by atoms with van der Waals surface area (Å²) in [6.45, 7) is 0.644. The van der Waals surface area contributed by atoms with Crippen LogP contribution in [0.4, 0.5) is 0 Å². The van der Waals surface area contributed by atoms with Gasteiger partial charge in [-0.1, -0.05) is 24.3 Å². The summed E-state index contributed by atoms with van der Waals surface area (Å²) >= 11 is 0. The second kappa shape index (κ2) is 3.81. The van der Waals surface area contributed by atoms with Crippen LogP contribution in [0.5, 0.6) is 0 Å². The summed E-state index contributed by atoms with van der Waals surface area (Å²) in [5.41, 5.74) is 8.50. The molecule has 0 spiro atoms. The Hall–Kier alpha value is -1.51. The molecule has 2 N–H and O–H groups in total. The van der Waals surface area contributed by atoms with Crippen molar-refractivity contribution in [1.29, 1.82) is 0 Å². The summed E-state index contributed by atoms with van der Waals surface area (Å²) < 4.78 is 5.26. The molecule has 3 heteroatoms. The highest BCUT2D eigenvalue weighted by Gasteiger charge is 2.31. The summed E-state index contributed by atoms with van der Waals surface area (Å²) in [6, 6.07) is 9.26. The fourth-order valence-electron chi connectivity index (χ4n) is 2.81. The van der Waals surface area contributed by atoms with Crippen LogP contribution in [-0.2, 0) is 11.2 Å². The Labute approximate surface area is 95.3 Å². The van der Waals surface area contributed by atoms with Crippen molar-refractivity contribution in [2.24, 2.45) is 10.7 Å². The van der Waals surface area contributed by atoms with Crippen molar-refractivity contribution in [3.63, 3.8) is 0 Å². The van der Waals surface area contributed by atoms with E-state index in [0.717, 1.165) is 0 Å². The van der Waals surface area contributed by atoms with E-state index in [1.165, 1.54) is 30.4 Å². The Morgan fingerprint density at radius 2 is 2.19 bits per heavy atom. The highest BCUT2D eigenvalue weighted by molar-refractivity contribution is 5.73. The number of hydrogen-bond acceptors (Lipinski definition) is 3. The molecule has 3 nitrogen and oxygen atoms in total. The molecule has 1 aliphatic heterocycles. The second-order valence-corrected chi connectivity index (χ2v) is 4.54. The number of ether oxygens (including phenoxy) is 1. The van der Waals surface area contributed by atoms with Gasteiger partial charge in [-0.25, -0.2) is 4.99 Å². The monoisotopic (exact) mass is 216 g/mol. The van der Waals surface area contributed by atoms with Gasteiger partial charge in [0.2, 0.25) is 0 Å². The molecule has 1 heterocycles. The quantitative estimate of drug-likeness (QED) is 0.778. The highest BCUT2D eigenvalue weighted by Crippen LogP contribution is 2.36.